The third-order valence-corrected chi connectivity index (χ3v) is 2.70. The lowest BCUT2D eigenvalue weighted by Crippen LogP contribution is -2.37. The first-order chi connectivity index (χ1) is 8.25. The highest BCUT2D eigenvalue weighted by molar-refractivity contribution is 5.71. The summed E-state index contributed by atoms with van der Waals surface area (Å²) in [5.41, 5.74) is 3.11. The number of hydrogen-bond acceptors (Lipinski definition) is 2. The molecule has 3 aromatic rings. The van der Waals surface area contributed by atoms with Gasteiger partial charge < -0.3 is 5.21 Å². The molecule has 17 heavy (non-hydrogen) atoms. The first-order valence-electron chi connectivity index (χ1n) is 5.40. The van der Waals surface area contributed by atoms with E-state index in [0.29, 0.717) is 11.0 Å². The average molecular weight is 225 g/mol. The van der Waals surface area contributed by atoms with Crippen LogP contribution in [0.4, 0.5) is 0 Å². The van der Waals surface area contributed by atoms with E-state index in [1.807, 2.05) is 55.5 Å². The second-order valence-corrected chi connectivity index (χ2v) is 3.99. The molecule has 0 aliphatic rings. The molecule has 1 heterocycles. The van der Waals surface area contributed by atoms with Gasteiger partial charge in [0.15, 0.2) is 0 Å². The number of nitrogens with zero attached hydrogens (tertiary/aromatic N) is 3. The lowest BCUT2D eigenvalue weighted by molar-refractivity contribution is -0.664. The van der Waals surface area contributed by atoms with E-state index < -0.39 is 0 Å². The molecule has 0 aliphatic heterocycles. The second-order valence-electron chi connectivity index (χ2n) is 3.99. The predicted octanol–water partition coefficient (Wildman–Crippen LogP) is 1.97. The van der Waals surface area contributed by atoms with E-state index >= 15 is 0 Å². The van der Waals surface area contributed by atoms with Crippen LogP contribution in [-0.2, 0) is 0 Å². The normalized spacial score (nSPS) is 10.9. The molecule has 0 fully saturated rings. The molecule has 0 spiro atoms. The fraction of sp³-hybridized carbons (Fsp3) is 0.0769. The molecular formula is C13H11N3O. The fourth-order valence-electron chi connectivity index (χ4n) is 1.84. The Morgan fingerprint density at radius 1 is 1.12 bits per heavy atom. The van der Waals surface area contributed by atoms with Gasteiger partial charge >= 0.3 is 0 Å². The van der Waals surface area contributed by atoms with Crippen LogP contribution in [0.1, 0.15) is 5.56 Å². The van der Waals surface area contributed by atoms with Crippen molar-refractivity contribution in [1.82, 2.24) is 9.90 Å². The molecule has 0 saturated heterocycles. The summed E-state index contributed by atoms with van der Waals surface area (Å²) in [6.07, 6.45) is 0. The lowest BCUT2D eigenvalue weighted by Gasteiger charge is -2.03. The van der Waals surface area contributed by atoms with Crippen LogP contribution in [0.2, 0.25) is 0 Å². The summed E-state index contributed by atoms with van der Waals surface area (Å²) in [5, 5.41) is 16.4. The van der Waals surface area contributed by atoms with Gasteiger partial charge in [0.2, 0.25) is 11.0 Å². The van der Waals surface area contributed by atoms with Crippen molar-refractivity contribution >= 4 is 11.0 Å². The van der Waals surface area contributed by atoms with Crippen LogP contribution in [0.15, 0.2) is 48.5 Å². The van der Waals surface area contributed by atoms with Crippen molar-refractivity contribution in [2.45, 2.75) is 6.92 Å². The zero-order valence-corrected chi connectivity index (χ0v) is 9.37. The predicted molar refractivity (Wildman–Crippen MR) is 64.8 cm³/mol. The standard InChI is InChI=1S/C13H11N3O/c1-10-7-8-12-13(9-10)16(17)15(14-12)11-5-3-2-4-6-11/h2-9H,1H3. The first kappa shape index (κ1) is 9.84. The molecule has 0 aliphatic carbocycles. The van der Waals surface area contributed by atoms with Crippen molar-refractivity contribution in [3.63, 3.8) is 0 Å². The van der Waals surface area contributed by atoms with Gasteiger partial charge in [0.1, 0.15) is 5.69 Å². The number of rotatable bonds is 1. The molecule has 4 nitrogen and oxygen atoms in total. The molecule has 84 valence electrons. The summed E-state index contributed by atoms with van der Waals surface area (Å²) in [6.45, 7) is 1.96. The van der Waals surface area contributed by atoms with Crippen LogP contribution in [0.5, 0.6) is 0 Å². The maximum atomic E-state index is 12.1. The summed E-state index contributed by atoms with van der Waals surface area (Å²) in [4.78, 5) is 2.18. The van der Waals surface area contributed by atoms with Crippen LogP contribution in [0.3, 0.4) is 0 Å². The molecule has 2 aromatic carbocycles. The van der Waals surface area contributed by atoms with Crippen molar-refractivity contribution in [2.24, 2.45) is 0 Å². The van der Waals surface area contributed by atoms with E-state index in [1.165, 1.54) is 4.80 Å². The Balaban J connectivity index is 2.28. The Morgan fingerprint density at radius 2 is 1.88 bits per heavy atom. The smallest absolute Gasteiger partial charge is 0.250 e. The summed E-state index contributed by atoms with van der Waals surface area (Å²) < 4.78 is 0. The minimum Gasteiger partial charge on any atom is -0.692 e. The largest absolute Gasteiger partial charge is 0.692 e. The SMILES string of the molecule is Cc1ccc2nn(-c3ccccc3)[n+]([O-])c2c1. The van der Waals surface area contributed by atoms with Crippen LogP contribution in [-0.4, -0.2) is 9.90 Å². The van der Waals surface area contributed by atoms with Gasteiger partial charge in [-0.05, 0) is 41.5 Å². The fourth-order valence-corrected chi connectivity index (χ4v) is 1.84. The summed E-state index contributed by atoms with van der Waals surface area (Å²) in [5.74, 6) is 0. The molecule has 0 bridgehead atoms. The minimum absolute atomic E-state index is 0.592. The van der Waals surface area contributed by atoms with Crippen molar-refractivity contribution in [3.8, 4) is 5.69 Å². The van der Waals surface area contributed by atoms with Crippen LogP contribution < -0.4 is 4.85 Å². The van der Waals surface area contributed by atoms with Gasteiger partial charge in [0.05, 0.1) is 5.10 Å². The number of aromatic nitrogens is 3. The van der Waals surface area contributed by atoms with E-state index in [0.717, 1.165) is 16.1 Å². The highest BCUT2D eigenvalue weighted by Gasteiger charge is 2.15. The van der Waals surface area contributed by atoms with Gasteiger partial charge in [-0.2, -0.15) is 0 Å². The number of aryl methyl sites for hydroxylation is 1. The molecular weight excluding hydrogens is 214 g/mol. The minimum atomic E-state index is 0.592. The Hall–Kier alpha value is -2.36. The van der Waals surface area contributed by atoms with E-state index in [9.17, 15) is 5.21 Å². The van der Waals surface area contributed by atoms with Crippen molar-refractivity contribution in [3.05, 3.63) is 59.3 Å². The van der Waals surface area contributed by atoms with Gasteiger partial charge in [-0.3, -0.25) is 0 Å². The van der Waals surface area contributed by atoms with Gasteiger partial charge in [-0.25, -0.2) is 0 Å². The van der Waals surface area contributed by atoms with Crippen molar-refractivity contribution in [2.75, 3.05) is 0 Å². The number of para-hydroxylation sites is 1. The van der Waals surface area contributed by atoms with Gasteiger partial charge in [-0.1, -0.05) is 24.3 Å². The molecule has 0 N–H and O–H groups in total. The molecule has 0 saturated carbocycles. The summed E-state index contributed by atoms with van der Waals surface area (Å²) in [7, 11) is 0. The number of benzene rings is 2. The van der Waals surface area contributed by atoms with Gasteiger partial charge in [0.25, 0.3) is 0 Å². The first-order valence-corrected chi connectivity index (χ1v) is 5.40. The topological polar surface area (TPSA) is 44.8 Å². The molecule has 0 atom stereocenters. The Labute approximate surface area is 98.3 Å². The summed E-state index contributed by atoms with van der Waals surface area (Å²) in [6, 6.07) is 15.0. The Kier molecular flexibility index (Phi) is 2.08. The van der Waals surface area contributed by atoms with E-state index in [2.05, 4.69) is 5.10 Å². The van der Waals surface area contributed by atoms with Crippen molar-refractivity contribution in [1.29, 1.82) is 0 Å². The third kappa shape index (κ3) is 1.54. The average Bonchev–Trinajstić information content (AvgIpc) is 2.68. The van der Waals surface area contributed by atoms with Crippen LogP contribution >= 0.6 is 0 Å². The zero-order valence-electron chi connectivity index (χ0n) is 9.37. The molecule has 1 aromatic heterocycles. The monoisotopic (exact) mass is 225 g/mol. The van der Waals surface area contributed by atoms with Crippen LogP contribution in [0.25, 0.3) is 16.7 Å². The highest BCUT2D eigenvalue weighted by Crippen LogP contribution is 2.12. The van der Waals surface area contributed by atoms with Crippen LogP contribution in [0, 0.1) is 12.1 Å². The van der Waals surface area contributed by atoms with E-state index in [1.54, 1.807) is 0 Å². The number of hydrogen-bond donors (Lipinski definition) is 0. The maximum Gasteiger partial charge on any atom is 0.250 e. The van der Waals surface area contributed by atoms with Gasteiger partial charge in [-0.15, -0.1) is 4.85 Å². The van der Waals surface area contributed by atoms with Crippen molar-refractivity contribution < 1.29 is 4.85 Å². The van der Waals surface area contributed by atoms with Gasteiger partial charge in [0, 0.05) is 0 Å². The highest BCUT2D eigenvalue weighted by atomic mass is 16.5. The molecule has 0 radical (unpaired) electrons. The quantitative estimate of drug-likeness (QED) is 0.469. The number of fused-ring (bicyclic) bond motifs is 1. The lowest BCUT2D eigenvalue weighted by atomic mass is 10.2. The second kappa shape index (κ2) is 3.59. The molecule has 3 rings (SSSR count). The Bertz CT molecular complexity index is 674. The molecule has 4 heteroatoms. The Morgan fingerprint density at radius 3 is 2.65 bits per heavy atom. The third-order valence-electron chi connectivity index (χ3n) is 2.70. The maximum absolute atomic E-state index is 12.1. The van der Waals surface area contributed by atoms with E-state index in [-0.39, 0.29) is 0 Å². The molecule has 0 unspecified atom stereocenters. The van der Waals surface area contributed by atoms with E-state index in [4.69, 9.17) is 0 Å². The zero-order chi connectivity index (χ0) is 11.8. The molecule has 0 amide bonds. The summed E-state index contributed by atoms with van der Waals surface area (Å²) >= 11 is 0.